The minimum absolute atomic E-state index is 0.0479. The fourth-order valence-electron chi connectivity index (χ4n) is 2.48. The molecule has 3 aromatic rings. The van der Waals surface area contributed by atoms with Crippen LogP contribution in [0.3, 0.4) is 0 Å². The van der Waals surface area contributed by atoms with Gasteiger partial charge in [-0.05, 0) is 36.2 Å². The summed E-state index contributed by atoms with van der Waals surface area (Å²) in [6.07, 6.45) is 0. The normalized spacial score (nSPS) is 10.3. The zero-order chi connectivity index (χ0) is 17.5. The van der Waals surface area contributed by atoms with Crippen LogP contribution in [0.2, 0.25) is 0 Å². The lowest BCUT2D eigenvalue weighted by molar-refractivity contribution is 0.101. The predicted molar refractivity (Wildman–Crippen MR) is 98.0 cm³/mol. The second kappa shape index (κ2) is 8.15. The number of hydrogen-bond donors (Lipinski definition) is 0. The minimum Gasteiger partial charge on any atom is -0.489 e. The summed E-state index contributed by atoms with van der Waals surface area (Å²) >= 11 is 0. The first-order chi connectivity index (χ1) is 12.2. The molecule has 0 aromatic heterocycles. The largest absolute Gasteiger partial charge is 0.489 e. The van der Waals surface area contributed by atoms with Crippen molar-refractivity contribution in [3.05, 3.63) is 95.6 Å². The van der Waals surface area contributed by atoms with Crippen LogP contribution >= 0.6 is 0 Å². The molecule has 0 aliphatic carbocycles. The van der Waals surface area contributed by atoms with Crippen LogP contribution in [0.25, 0.3) is 0 Å². The third-order valence-electron chi connectivity index (χ3n) is 3.82. The molecular weight excluding hydrogens is 312 g/mol. The van der Waals surface area contributed by atoms with Crippen LogP contribution in [0.5, 0.6) is 11.5 Å². The monoisotopic (exact) mass is 332 g/mol. The molecule has 3 aromatic carbocycles. The number of ether oxygens (including phenoxy) is 2. The van der Waals surface area contributed by atoms with E-state index in [4.69, 9.17) is 9.47 Å². The number of benzene rings is 3. The number of carbonyl (C=O) groups is 1. The standard InChI is InChI=1S/C22H20O3/c1-17(23)21-14-20(24-15-18-8-4-2-5-9-18)12-13-22(21)25-16-19-10-6-3-7-11-19/h2-14H,15-16H2,1H3. The Hall–Kier alpha value is -3.07. The lowest BCUT2D eigenvalue weighted by Gasteiger charge is -2.12. The molecule has 126 valence electrons. The quantitative estimate of drug-likeness (QED) is 0.568. The van der Waals surface area contributed by atoms with E-state index in [0.29, 0.717) is 30.3 Å². The van der Waals surface area contributed by atoms with E-state index in [0.717, 1.165) is 11.1 Å². The lowest BCUT2D eigenvalue weighted by Crippen LogP contribution is -2.03. The van der Waals surface area contributed by atoms with E-state index in [2.05, 4.69) is 0 Å². The minimum atomic E-state index is -0.0479. The van der Waals surface area contributed by atoms with Gasteiger partial charge in [-0.3, -0.25) is 4.79 Å². The van der Waals surface area contributed by atoms with Crippen molar-refractivity contribution >= 4 is 5.78 Å². The average Bonchev–Trinajstić information content (AvgIpc) is 2.66. The Bertz CT molecular complexity index is 826. The van der Waals surface area contributed by atoms with Gasteiger partial charge in [0.15, 0.2) is 5.78 Å². The third-order valence-corrected chi connectivity index (χ3v) is 3.82. The van der Waals surface area contributed by atoms with Gasteiger partial charge in [0.05, 0.1) is 5.56 Å². The first-order valence-corrected chi connectivity index (χ1v) is 8.21. The zero-order valence-corrected chi connectivity index (χ0v) is 14.1. The fraction of sp³-hybridized carbons (Fsp3) is 0.136. The van der Waals surface area contributed by atoms with Crippen LogP contribution < -0.4 is 9.47 Å². The summed E-state index contributed by atoms with van der Waals surface area (Å²) in [4.78, 5) is 12.0. The van der Waals surface area contributed by atoms with E-state index in [1.165, 1.54) is 6.92 Å². The molecule has 0 spiro atoms. The Morgan fingerprint density at radius 3 is 1.88 bits per heavy atom. The van der Waals surface area contributed by atoms with Gasteiger partial charge in [-0.1, -0.05) is 60.7 Å². The van der Waals surface area contributed by atoms with Gasteiger partial charge < -0.3 is 9.47 Å². The van der Waals surface area contributed by atoms with Crippen molar-refractivity contribution in [3.63, 3.8) is 0 Å². The molecule has 3 nitrogen and oxygen atoms in total. The van der Waals surface area contributed by atoms with E-state index in [1.54, 1.807) is 12.1 Å². The molecule has 0 fully saturated rings. The van der Waals surface area contributed by atoms with Gasteiger partial charge in [-0.25, -0.2) is 0 Å². The Kier molecular flexibility index (Phi) is 5.47. The summed E-state index contributed by atoms with van der Waals surface area (Å²) in [6.45, 7) is 2.42. The highest BCUT2D eigenvalue weighted by atomic mass is 16.5. The highest BCUT2D eigenvalue weighted by Crippen LogP contribution is 2.26. The molecule has 0 radical (unpaired) electrons. The summed E-state index contributed by atoms with van der Waals surface area (Å²) in [5.74, 6) is 1.18. The Morgan fingerprint density at radius 2 is 1.32 bits per heavy atom. The predicted octanol–water partition coefficient (Wildman–Crippen LogP) is 5.05. The molecule has 0 aliphatic rings. The number of ketones is 1. The number of carbonyl (C=O) groups excluding carboxylic acids is 1. The SMILES string of the molecule is CC(=O)c1cc(OCc2ccccc2)ccc1OCc1ccccc1. The average molecular weight is 332 g/mol. The first kappa shape index (κ1) is 16.8. The summed E-state index contributed by atoms with van der Waals surface area (Å²) in [5.41, 5.74) is 2.67. The summed E-state index contributed by atoms with van der Waals surface area (Å²) in [6, 6.07) is 25.2. The van der Waals surface area contributed by atoms with Crippen molar-refractivity contribution in [2.24, 2.45) is 0 Å². The summed E-state index contributed by atoms with van der Waals surface area (Å²) < 4.78 is 11.6. The second-order valence-corrected chi connectivity index (χ2v) is 5.76. The van der Waals surface area contributed by atoms with Gasteiger partial charge in [-0.2, -0.15) is 0 Å². The van der Waals surface area contributed by atoms with Crippen LogP contribution in [0, 0.1) is 0 Å². The fourth-order valence-corrected chi connectivity index (χ4v) is 2.48. The first-order valence-electron chi connectivity index (χ1n) is 8.21. The van der Waals surface area contributed by atoms with Crippen LogP contribution in [0.15, 0.2) is 78.9 Å². The van der Waals surface area contributed by atoms with Gasteiger partial charge in [0.2, 0.25) is 0 Å². The maximum absolute atomic E-state index is 12.0. The number of hydrogen-bond acceptors (Lipinski definition) is 3. The molecule has 25 heavy (non-hydrogen) atoms. The van der Waals surface area contributed by atoms with Gasteiger partial charge in [-0.15, -0.1) is 0 Å². The van der Waals surface area contributed by atoms with E-state index in [-0.39, 0.29) is 5.78 Å². The highest BCUT2D eigenvalue weighted by Gasteiger charge is 2.11. The van der Waals surface area contributed by atoms with Crippen LogP contribution in [-0.2, 0) is 13.2 Å². The van der Waals surface area contributed by atoms with E-state index in [9.17, 15) is 4.79 Å². The van der Waals surface area contributed by atoms with Crippen LogP contribution in [0.1, 0.15) is 28.4 Å². The van der Waals surface area contributed by atoms with Gasteiger partial charge >= 0.3 is 0 Å². The molecule has 0 aliphatic heterocycles. The van der Waals surface area contributed by atoms with Crippen LogP contribution in [0.4, 0.5) is 0 Å². The molecule has 3 rings (SSSR count). The van der Waals surface area contributed by atoms with Gasteiger partial charge in [0.1, 0.15) is 24.7 Å². The highest BCUT2D eigenvalue weighted by molar-refractivity contribution is 5.97. The molecule has 0 atom stereocenters. The summed E-state index contributed by atoms with van der Waals surface area (Å²) in [7, 11) is 0. The second-order valence-electron chi connectivity index (χ2n) is 5.76. The molecule has 0 saturated carbocycles. The third kappa shape index (κ3) is 4.70. The molecule has 0 saturated heterocycles. The van der Waals surface area contributed by atoms with E-state index >= 15 is 0 Å². The van der Waals surface area contributed by atoms with Crippen molar-refractivity contribution in [2.75, 3.05) is 0 Å². The molecule has 0 amide bonds. The molecular formula is C22H20O3. The molecule has 0 N–H and O–H groups in total. The molecule has 3 heteroatoms. The van der Waals surface area contributed by atoms with Crippen LogP contribution in [-0.4, -0.2) is 5.78 Å². The smallest absolute Gasteiger partial charge is 0.163 e. The van der Waals surface area contributed by atoms with Crippen molar-refractivity contribution in [3.8, 4) is 11.5 Å². The summed E-state index contributed by atoms with van der Waals surface area (Å²) in [5, 5.41) is 0. The van der Waals surface area contributed by atoms with Crippen molar-refractivity contribution in [1.82, 2.24) is 0 Å². The zero-order valence-electron chi connectivity index (χ0n) is 14.1. The van der Waals surface area contributed by atoms with Gasteiger partial charge in [0.25, 0.3) is 0 Å². The topological polar surface area (TPSA) is 35.5 Å². The van der Waals surface area contributed by atoms with Crippen molar-refractivity contribution in [1.29, 1.82) is 0 Å². The Balaban J connectivity index is 1.70. The maximum atomic E-state index is 12.0. The maximum Gasteiger partial charge on any atom is 0.163 e. The van der Waals surface area contributed by atoms with E-state index < -0.39 is 0 Å². The Labute approximate surface area is 147 Å². The van der Waals surface area contributed by atoms with Gasteiger partial charge in [0, 0.05) is 0 Å². The van der Waals surface area contributed by atoms with Crippen molar-refractivity contribution < 1.29 is 14.3 Å². The van der Waals surface area contributed by atoms with E-state index in [1.807, 2.05) is 66.7 Å². The number of rotatable bonds is 7. The van der Waals surface area contributed by atoms with Crippen molar-refractivity contribution in [2.45, 2.75) is 20.1 Å². The Morgan fingerprint density at radius 1 is 0.760 bits per heavy atom. The molecule has 0 heterocycles. The molecule has 0 bridgehead atoms. The lowest BCUT2D eigenvalue weighted by atomic mass is 10.1. The number of Topliss-reactive ketones (excluding diaryl/α,β-unsaturated/α-hetero) is 1. The molecule has 0 unspecified atom stereocenters.